The Bertz CT molecular complexity index is 510. The number of rotatable bonds is 6. The summed E-state index contributed by atoms with van der Waals surface area (Å²) in [4.78, 5) is 2.16. The van der Waals surface area contributed by atoms with Crippen LogP contribution < -0.4 is 0 Å². The van der Waals surface area contributed by atoms with Crippen LogP contribution in [0.1, 0.15) is 51.0 Å². The van der Waals surface area contributed by atoms with Crippen molar-refractivity contribution in [3.63, 3.8) is 0 Å². The predicted octanol–water partition coefficient (Wildman–Crippen LogP) is 5.87. The molecule has 1 rings (SSSR count). The molecule has 0 saturated heterocycles. The van der Waals surface area contributed by atoms with Crippen molar-refractivity contribution in [3.8, 4) is 0 Å². The third-order valence-corrected chi connectivity index (χ3v) is 3.15. The van der Waals surface area contributed by atoms with Crippen LogP contribution in [-0.2, 0) is 0 Å². The van der Waals surface area contributed by atoms with Crippen LogP contribution in [0.5, 0.6) is 0 Å². The Balaban J connectivity index is 3.24. The van der Waals surface area contributed by atoms with Crippen molar-refractivity contribution in [2.75, 3.05) is 0 Å². The van der Waals surface area contributed by atoms with Gasteiger partial charge in [0.05, 0.1) is 0 Å². The summed E-state index contributed by atoms with van der Waals surface area (Å²) in [7, 11) is 0. The first-order valence-electron chi connectivity index (χ1n) is 6.36. The molecular formula is C13H15F4N3. The van der Waals surface area contributed by atoms with Gasteiger partial charge in [0.25, 0.3) is 0 Å². The zero-order chi connectivity index (χ0) is 15.3. The van der Waals surface area contributed by atoms with E-state index >= 15 is 0 Å². The van der Waals surface area contributed by atoms with Gasteiger partial charge in [0.2, 0.25) is 0 Å². The lowest BCUT2D eigenvalue weighted by atomic mass is 9.93. The summed E-state index contributed by atoms with van der Waals surface area (Å²) in [5, 5.41) is 2.65. The summed E-state index contributed by atoms with van der Waals surface area (Å²) in [6.45, 7) is 3.48. The van der Waals surface area contributed by atoms with Gasteiger partial charge in [0, 0.05) is 10.5 Å². The summed E-state index contributed by atoms with van der Waals surface area (Å²) in [6, 6.07) is 0. The first-order valence-corrected chi connectivity index (χ1v) is 6.36. The summed E-state index contributed by atoms with van der Waals surface area (Å²) in [5.41, 5.74) is 6.25. The zero-order valence-electron chi connectivity index (χ0n) is 11.3. The van der Waals surface area contributed by atoms with Gasteiger partial charge in [-0.2, -0.15) is 0 Å². The van der Waals surface area contributed by atoms with Crippen molar-refractivity contribution < 1.29 is 17.6 Å². The van der Waals surface area contributed by atoms with Crippen LogP contribution in [0.15, 0.2) is 5.11 Å². The van der Waals surface area contributed by atoms with E-state index in [4.69, 9.17) is 5.53 Å². The highest BCUT2D eigenvalue weighted by atomic mass is 19.2. The Hall–Kier alpha value is -1.75. The molecule has 1 aromatic rings. The molecule has 0 radical (unpaired) electrons. The fourth-order valence-electron chi connectivity index (χ4n) is 2.05. The lowest BCUT2D eigenvalue weighted by molar-refractivity contribution is 0.425. The van der Waals surface area contributed by atoms with Crippen LogP contribution in [0.4, 0.5) is 23.2 Å². The molecular weight excluding hydrogens is 274 g/mol. The molecule has 0 saturated carbocycles. The van der Waals surface area contributed by atoms with Crippen LogP contribution in [0.2, 0.25) is 0 Å². The second-order valence-corrected chi connectivity index (χ2v) is 4.60. The lowest BCUT2D eigenvalue weighted by Gasteiger charge is -2.15. The quantitative estimate of drug-likeness (QED) is 0.157. The van der Waals surface area contributed by atoms with Gasteiger partial charge in [-0.05, 0) is 17.9 Å². The van der Waals surface area contributed by atoms with E-state index in [1.54, 1.807) is 0 Å². The van der Waals surface area contributed by atoms with Gasteiger partial charge >= 0.3 is 0 Å². The highest BCUT2D eigenvalue weighted by molar-refractivity contribution is 5.45. The number of hydrogen-bond acceptors (Lipinski definition) is 1. The second kappa shape index (κ2) is 7.14. The molecule has 0 heterocycles. The van der Waals surface area contributed by atoms with Crippen molar-refractivity contribution in [2.24, 2.45) is 5.11 Å². The molecule has 0 amide bonds. The largest absolute Gasteiger partial charge is 0.203 e. The molecule has 1 unspecified atom stereocenters. The van der Waals surface area contributed by atoms with Crippen molar-refractivity contribution in [3.05, 3.63) is 39.3 Å². The van der Waals surface area contributed by atoms with E-state index in [-0.39, 0.29) is 0 Å². The highest BCUT2D eigenvalue weighted by Gasteiger charge is 2.27. The maximum Gasteiger partial charge on any atom is 0.171 e. The Morgan fingerprint density at radius 2 is 1.60 bits per heavy atom. The Morgan fingerprint density at radius 1 is 1.05 bits per heavy atom. The molecule has 0 aromatic heterocycles. The Labute approximate surface area is 114 Å². The van der Waals surface area contributed by atoms with Crippen molar-refractivity contribution in [1.82, 2.24) is 0 Å². The summed E-state index contributed by atoms with van der Waals surface area (Å²) < 4.78 is 54.8. The number of azide groups is 1. The van der Waals surface area contributed by atoms with E-state index in [1.807, 2.05) is 6.92 Å². The Morgan fingerprint density at radius 3 is 2.05 bits per heavy atom. The lowest BCUT2D eigenvalue weighted by Crippen LogP contribution is -2.07. The molecule has 0 fully saturated rings. The van der Waals surface area contributed by atoms with Gasteiger partial charge in [-0.15, -0.1) is 0 Å². The average molecular weight is 289 g/mol. The molecule has 20 heavy (non-hydrogen) atoms. The third kappa shape index (κ3) is 3.22. The summed E-state index contributed by atoms with van der Waals surface area (Å²) in [6.07, 6.45) is 2.92. The zero-order valence-corrected chi connectivity index (χ0v) is 11.3. The predicted molar refractivity (Wildman–Crippen MR) is 67.6 cm³/mol. The molecule has 0 spiro atoms. The average Bonchev–Trinajstić information content (AvgIpc) is 2.42. The van der Waals surface area contributed by atoms with E-state index in [0.717, 1.165) is 12.8 Å². The van der Waals surface area contributed by atoms with Crippen LogP contribution in [0.25, 0.3) is 10.4 Å². The van der Waals surface area contributed by atoms with Gasteiger partial charge in [-0.1, -0.05) is 38.2 Å². The van der Waals surface area contributed by atoms with E-state index in [2.05, 4.69) is 10.0 Å². The van der Waals surface area contributed by atoms with Gasteiger partial charge in [-0.3, -0.25) is 0 Å². The number of hydrogen-bond donors (Lipinski definition) is 0. The molecule has 1 aromatic carbocycles. The van der Waals surface area contributed by atoms with Crippen molar-refractivity contribution in [1.29, 1.82) is 0 Å². The minimum Gasteiger partial charge on any atom is -0.203 e. The molecule has 3 nitrogen and oxygen atoms in total. The molecule has 0 bridgehead atoms. The maximum atomic E-state index is 13.8. The number of benzene rings is 1. The van der Waals surface area contributed by atoms with Crippen LogP contribution >= 0.6 is 0 Å². The SMILES string of the molecule is CCCCCC(C)c1c(F)c(F)c(N=[N+]=[N-])c(F)c1F. The first kappa shape index (κ1) is 16.3. The van der Waals surface area contributed by atoms with Gasteiger partial charge in [0.15, 0.2) is 23.3 Å². The van der Waals surface area contributed by atoms with E-state index < -0.39 is 40.4 Å². The van der Waals surface area contributed by atoms with Crippen LogP contribution in [0.3, 0.4) is 0 Å². The topological polar surface area (TPSA) is 48.8 Å². The maximum absolute atomic E-state index is 13.8. The van der Waals surface area contributed by atoms with Gasteiger partial charge < -0.3 is 0 Å². The molecule has 7 heteroatoms. The minimum atomic E-state index is -1.65. The minimum absolute atomic E-state index is 0.418. The molecule has 0 aliphatic carbocycles. The van der Waals surface area contributed by atoms with Gasteiger partial charge in [0.1, 0.15) is 5.69 Å². The normalized spacial score (nSPS) is 12.1. The molecule has 1 atom stereocenters. The monoisotopic (exact) mass is 289 g/mol. The standard InChI is InChI=1S/C13H15F4N3/c1-3-4-5-6-7(2)8-9(14)11(16)13(19-20-18)12(17)10(8)15/h7H,3-6H2,1-2H3. The fourth-order valence-corrected chi connectivity index (χ4v) is 2.05. The number of halogens is 4. The number of unbranched alkanes of at least 4 members (excludes halogenated alkanes) is 2. The van der Waals surface area contributed by atoms with E-state index in [0.29, 0.717) is 12.8 Å². The molecule has 0 aliphatic heterocycles. The third-order valence-electron chi connectivity index (χ3n) is 3.15. The smallest absolute Gasteiger partial charge is 0.171 e. The highest BCUT2D eigenvalue weighted by Crippen LogP contribution is 2.35. The van der Waals surface area contributed by atoms with Crippen molar-refractivity contribution >= 4 is 5.69 Å². The summed E-state index contributed by atoms with van der Waals surface area (Å²) >= 11 is 0. The fraction of sp³-hybridized carbons (Fsp3) is 0.538. The van der Waals surface area contributed by atoms with Crippen LogP contribution in [-0.4, -0.2) is 0 Å². The molecule has 0 aliphatic rings. The van der Waals surface area contributed by atoms with Crippen LogP contribution in [0, 0.1) is 23.3 Å². The molecule has 0 N–H and O–H groups in total. The Kier molecular flexibility index (Phi) is 5.82. The molecule has 110 valence electrons. The second-order valence-electron chi connectivity index (χ2n) is 4.60. The first-order chi connectivity index (χ1) is 9.45. The van der Waals surface area contributed by atoms with E-state index in [1.165, 1.54) is 6.92 Å². The van der Waals surface area contributed by atoms with E-state index in [9.17, 15) is 17.6 Å². The summed E-state index contributed by atoms with van der Waals surface area (Å²) in [5.74, 6) is -6.95. The van der Waals surface area contributed by atoms with Gasteiger partial charge in [-0.25, -0.2) is 17.6 Å². The number of nitrogens with zero attached hydrogens (tertiary/aromatic N) is 3. The van der Waals surface area contributed by atoms with Crippen molar-refractivity contribution in [2.45, 2.75) is 45.4 Å².